The molecule has 11 nitrogen and oxygen atoms in total. The molecule has 1 aliphatic heterocycles. The Balaban J connectivity index is 2.71. The molecule has 8 unspecified atom stereocenters. The van der Waals surface area contributed by atoms with E-state index in [1.54, 1.807) is 6.08 Å². The third-order valence-electron chi connectivity index (χ3n) is 13.8. The van der Waals surface area contributed by atoms with Gasteiger partial charge >= 0.3 is 5.97 Å². The monoisotopic (exact) mass is 1050 g/mol. The van der Waals surface area contributed by atoms with Crippen molar-refractivity contribution in [2.45, 2.75) is 294 Å². The molecule has 11 heteroatoms. The largest absolute Gasteiger partial charge is 0.454 e. The number of unbranched alkanes of at least 4 members (excludes halogenated alkanes) is 25. The molecule has 1 aliphatic rings. The molecule has 1 heterocycles. The highest BCUT2D eigenvalue weighted by Crippen LogP contribution is 2.26. The number of aliphatic hydroxyl groups excluding tert-OH is 5. The second-order valence-electron chi connectivity index (χ2n) is 20.8. The molecule has 0 aromatic rings. The molecule has 1 fully saturated rings. The Morgan fingerprint density at radius 1 is 0.533 bits per heavy atom. The SMILES string of the molecule is CCCCC/C=C\C/C=C\C/C=C\C/C=C\CCCCCCC(O)C(=O)NC(COC1OC(CO)C(O)C(O)C1OC(=O)CCCCCCCC/C=C/C=C/CCCCC)C(O)/C=C/CCCCCCCCCCC. The Hall–Kier alpha value is -3.16. The average molecular weight is 1050 g/mol. The fraction of sp³-hybridized carbons (Fsp3) is 0.750. The van der Waals surface area contributed by atoms with Crippen LogP contribution < -0.4 is 5.32 Å². The highest BCUT2D eigenvalue weighted by molar-refractivity contribution is 5.80. The Morgan fingerprint density at radius 2 is 0.960 bits per heavy atom. The van der Waals surface area contributed by atoms with Crippen LogP contribution in [-0.2, 0) is 23.8 Å². The number of ether oxygens (including phenoxy) is 3. The number of nitrogens with one attached hydrogen (secondary N) is 1. The zero-order valence-corrected chi connectivity index (χ0v) is 47.6. The summed E-state index contributed by atoms with van der Waals surface area (Å²) in [7, 11) is 0. The molecule has 432 valence electrons. The lowest BCUT2D eigenvalue weighted by molar-refractivity contribution is -0.305. The molecule has 1 amide bonds. The van der Waals surface area contributed by atoms with Gasteiger partial charge in [0.25, 0.3) is 0 Å². The topological polar surface area (TPSA) is 175 Å². The zero-order valence-electron chi connectivity index (χ0n) is 47.6. The van der Waals surface area contributed by atoms with E-state index in [0.29, 0.717) is 12.8 Å². The van der Waals surface area contributed by atoms with Crippen molar-refractivity contribution in [3.05, 3.63) is 85.1 Å². The van der Waals surface area contributed by atoms with Crippen LogP contribution in [0.4, 0.5) is 0 Å². The van der Waals surface area contributed by atoms with Crippen molar-refractivity contribution in [2.75, 3.05) is 13.2 Å². The van der Waals surface area contributed by atoms with Crippen LogP contribution in [0.2, 0.25) is 0 Å². The maximum Gasteiger partial charge on any atom is 0.306 e. The first kappa shape index (κ1) is 69.9. The van der Waals surface area contributed by atoms with Crippen LogP contribution in [-0.4, -0.2) is 99.6 Å². The van der Waals surface area contributed by atoms with Gasteiger partial charge in [-0.25, -0.2) is 0 Å². The van der Waals surface area contributed by atoms with Crippen LogP contribution in [0.25, 0.3) is 0 Å². The van der Waals surface area contributed by atoms with Crippen LogP contribution in [0.3, 0.4) is 0 Å². The first-order valence-electron chi connectivity index (χ1n) is 30.4. The fourth-order valence-corrected chi connectivity index (χ4v) is 8.92. The van der Waals surface area contributed by atoms with Crippen LogP contribution in [0, 0.1) is 0 Å². The van der Waals surface area contributed by atoms with Gasteiger partial charge in [-0.15, -0.1) is 0 Å². The normalized spacial score (nSPS) is 19.8. The molecule has 1 rings (SSSR count). The van der Waals surface area contributed by atoms with Gasteiger partial charge in [-0.2, -0.15) is 0 Å². The van der Waals surface area contributed by atoms with E-state index in [2.05, 4.69) is 99.0 Å². The second-order valence-corrected chi connectivity index (χ2v) is 20.8. The van der Waals surface area contributed by atoms with Gasteiger partial charge in [-0.05, 0) is 96.3 Å². The summed E-state index contributed by atoms with van der Waals surface area (Å²) >= 11 is 0. The van der Waals surface area contributed by atoms with Gasteiger partial charge in [0.1, 0.15) is 24.4 Å². The molecule has 75 heavy (non-hydrogen) atoms. The van der Waals surface area contributed by atoms with E-state index in [1.165, 1.54) is 83.5 Å². The number of allylic oxidation sites excluding steroid dienone is 13. The molecule has 8 atom stereocenters. The number of rotatable bonds is 50. The summed E-state index contributed by atoms with van der Waals surface area (Å²) in [6, 6.07) is -1.04. The second kappa shape index (κ2) is 51.6. The van der Waals surface area contributed by atoms with E-state index in [-0.39, 0.29) is 19.4 Å². The molecule has 0 saturated carbocycles. The van der Waals surface area contributed by atoms with E-state index in [1.807, 2.05) is 6.08 Å². The van der Waals surface area contributed by atoms with Gasteiger partial charge in [0.15, 0.2) is 12.4 Å². The summed E-state index contributed by atoms with van der Waals surface area (Å²) in [5.41, 5.74) is 0. The molecular formula is C64H111NO10. The predicted octanol–water partition coefficient (Wildman–Crippen LogP) is 14.2. The van der Waals surface area contributed by atoms with Crippen molar-refractivity contribution >= 4 is 11.9 Å². The van der Waals surface area contributed by atoms with E-state index in [0.717, 1.165) is 116 Å². The molecule has 0 aliphatic carbocycles. The Bertz CT molecular complexity index is 1540. The molecule has 0 aromatic heterocycles. The molecule has 6 N–H and O–H groups in total. The van der Waals surface area contributed by atoms with Gasteiger partial charge < -0.3 is 45.1 Å². The summed E-state index contributed by atoms with van der Waals surface area (Å²) < 4.78 is 17.6. The van der Waals surface area contributed by atoms with E-state index in [4.69, 9.17) is 14.2 Å². The van der Waals surface area contributed by atoms with Gasteiger partial charge in [0, 0.05) is 6.42 Å². The summed E-state index contributed by atoms with van der Waals surface area (Å²) in [6.07, 6.45) is 56.1. The van der Waals surface area contributed by atoms with Crippen molar-refractivity contribution in [1.29, 1.82) is 0 Å². The van der Waals surface area contributed by atoms with E-state index < -0.39 is 67.4 Å². The molecular weight excluding hydrogens is 943 g/mol. The molecule has 0 radical (unpaired) electrons. The van der Waals surface area contributed by atoms with Crippen molar-refractivity contribution < 1.29 is 49.3 Å². The Labute approximate surface area is 457 Å². The Morgan fingerprint density at radius 3 is 1.48 bits per heavy atom. The van der Waals surface area contributed by atoms with Gasteiger partial charge in [0.05, 0.1) is 25.4 Å². The van der Waals surface area contributed by atoms with E-state index in [9.17, 15) is 35.1 Å². The number of amides is 1. The van der Waals surface area contributed by atoms with Gasteiger partial charge in [-0.3, -0.25) is 9.59 Å². The van der Waals surface area contributed by atoms with Gasteiger partial charge in [-0.1, -0.05) is 228 Å². The summed E-state index contributed by atoms with van der Waals surface area (Å²) in [6.45, 7) is 5.69. The maximum atomic E-state index is 13.4. The predicted molar refractivity (Wildman–Crippen MR) is 310 cm³/mol. The van der Waals surface area contributed by atoms with Crippen LogP contribution in [0.15, 0.2) is 85.1 Å². The van der Waals surface area contributed by atoms with Crippen molar-refractivity contribution in [1.82, 2.24) is 5.32 Å². The highest BCUT2D eigenvalue weighted by Gasteiger charge is 2.47. The lowest BCUT2D eigenvalue weighted by Crippen LogP contribution is -2.61. The van der Waals surface area contributed by atoms with E-state index >= 15 is 0 Å². The van der Waals surface area contributed by atoms with Crippen LogP contribution in [0.5, 0.6) is 0 Å². The molecule has 1 saturated heterocycles. The molecule has 0 bridgehead atoms. The quantitative estimate of drug-likeness (QED) is 0.0149. The number of carbonyl (C=O) groups is 2. The molecule has 0 aromatic carbocycles. The summed E-state index contributed by atoms with van der Waals surface area (Å²) in [4.78, 5) is 26.5. The minimum Gasteiger partial charge on any atom is -0.454 e. The third-order valence-corrected chi connectivity index (χ3v) is 13.8. The average Bonchev–Trinajstić information content (AvgIpc) is 3.41. The smallest absolute Gasteiger partial charge is 0.306 e. The minimum absolute atomic E-state index is 0.104. The highest BCUT2D eigenvalue weighted by atomic mass is 16.7. The summed E-state index contributed by atoms with van der Waals surface area (Å²) in [5.74, 6) is -1.23. The summed E-state index contributed by atoms with van der Waals surface area (Å²) in [5, 5.41) is 56.9. The maximum absolute atomic E-state index is 13.4. The first-order valence-corrected chi connectivity index (χ1v) is 30.4. The Kier molecular flexibility index (Phi) is 48.0. The number of carbonyl (C=O) groups excluding carboxylic acids is 2. The van der Waals surface area contributed by atoms with Crippen molar-refractivity contribution in [2.24, 2.45) is 0 Å². The standard InChI is InChI=1S/C64H111NO10/c1-4-7-10-13-16-19-22-24-26-27-28-29-30-32-33-36-39-42-45-48-51-57(68)63(72)65-55(56(67)50-47-44-41-38-35-21-18-15-12-9-6-3)54-73-64-62(61(71)60(70)58(53-66)74-64)75-59(69)52-49-46-43-40-37-34-31-25-23-20-17-14-11-8-5-2/h16-17,19-20,23-26,28-29,32-33,47,50,55-58,60-62,64,66-68,70-71H,4-15,18,21-22,27,30-31,34-46,48-49,51-54H2,1-3H3,(H,65,72)/b19-16-,20-17+,25-23+,26-24-,29-28-,33-32-,50-47+. The lowest BCUT2D eigenvalue weighted by atomic mass is 9.99. The van der Waals surface area contributed by atoms with Crippen molar-refractivity contribution in [3.63, 3.8) is 0 Å². The van der Waals surface area contributed by atoms with Crippen molar-refractivity contribution in [3.8, 4) is 0 Å². The number of esters is 1. The van der Waals surface area contributed by atoms with Crippen LogP contribution in [0.1, 0.15) is 245 Å². The first-order chi connectivity index (χ1) is 36.7. The minimum atomic E-state index is -1.63. The number of hydrogen-bond acceptors (Lipinski definition) is 10. The van der Waals surface area contributed by atoms with Crippen LogP contribution >= 0.6 is 0 Å². The zero-order chi connectivity index (χ0) is 54.7. The fourth-order valence-electron chi connectivity index (χ4n) is 8.92. The third kappa shape index (κ3) is 39.8. The molecule has 0 spiro atoms. The lowest BCUT2D eigenvalue weighted by Gasteiger charge is -2.41. The number of hydrogen-bond donors (Lipinski definition) is 6. The number of aliphatic hydroxyl groups is 5. The van der Waals surface area contributed by atoms with Gasteiger partial charge in [0.2, 0.25) is 5.91 Å².